The number of amides is 1. The van der Waals surface area contributed by atoms with Crippen molar-refractivity contribution in [1.29, 1.82) is 0 Å². The smallest absolute Gasteiger partial charge is 0.277 e. The third-order valence-corrected chi connectivity index (χ3v) is 5.57. The number of aromatic nitrogens is 1. The Hall–Kier alpha value is -4.60. The fourth-order valence-electron chi connectivity index (χ4n) is 3.45. The molecule has 4 rings (SSSR count). The van der Waals surface area contributed by atoms with Gasteiger partial charge in [0.05, 0.1) is 21.5 Å². The summed E-state index contributed by atoms with van der Waals surface area (Å²) in [7, 11) is 0. The highest BCUT2D eigenvalue weighted by Crippen LogP contribution is 2.29. The van der Waals surface area contributed by atoms with Crippen molar-refractivity contribution >= 4 is 34.1 Å². The zero-order valence-corrected chi connectivity index (χ0v) is 18.3. The van der Waals surface area contributed by atoms with Gasteiger partial charge in [-0.15, -0.1) is 0 Å². The zero-order valence-electron chi connectivity index (χ0n) is 18.3. The van der Waals surface area contributed by atoms with E-state index in [1.165, 1.54) is 5.56 Å². The summed E-state index contributed by atoms with van der Waals surface area (Å²) in [5.74, 6) is 0.141. The number of hydrogen-bond acceptors (Lipinski definition) is 7. The Morgan fingerprint density at radius 1 is 1.00 bits per heavy atom. The van der Waals surface area contributed by atoms with Crippen molar-refractivity contribution in [3.8, 4) is 11.5 Å². The number of carbonyl (C=O) groups is 1. The lowest BCUT2D eigenvalue weighted by atomic mass is 9.98. The summed E-state index contributed by atoms with van der Waals surface area (Å²) in [5.41, 5.74) is 2.45. The van der Waals surface area contributed by atoms with Crippen molar-refractivity contribution in [2.45, 2.75) is 26.2 Å². The molecule has 10 nitrogen and oxygen atoms in total. The maximum absolute atomic E-state index is 12.6. The van der Waals surface area contributed by atoms with E-state index in [0.29, 0.717) is 28.6 Å². The molecule has 3 aromatic carbocycles. The number of nitrogens with zero attached hydrogens (tertiary/aromatic N) is 3. The number of nitro benzene ring substituents is 2. The lowest BCUT2D eigenvalue weighted by molar-refractivity contribution is -0.394. The average molecular weight is 460 g/mol. The summed E-state index contributed by atoms with van der Waals surface area (Å²) >= 11 is 0. The molecule has 0 aliphatic heterocycles. The van der Waals surface area contributed by atoms with Crippen LogP contribution >= 0.6 is 0 Å². The van der Waals surface area contributed by atoms with Gasteiger partial charge in [0.15, 0.2) is 5.58 Å². The minimum Gasteiger partial charge on any atom is -0.436 e. The fourth-order valence-corrected chi connectivity index (χ4v) is 3.45. The number of benzene rings is 3. The van der Waals surface area contributed by atoms with Crippen LogP contribution in [0.25, 0.3) is 22.6 Å². The number of hydrogen-bond donors (Lipinski definition) is 1. The Morgan fingerprint density at radius 2 is 1.65 bits per heavy atom. The summed E-state index contributed by atoms with van der Waals surface area (Å²) in [5, 5.41) is 24.7. The zero-order chi connectivity index (χ0) is 24.4. The van der Waals surface area contributed by atoms with E-state index in [9.17, 15) is 25.0 Å². The molecule has 1 atom stereocenters. The summed E-state index contributed by atoms with van der Waals surface area (Å²) in [6, 6.07) is 15.4. The normalized spacial score (nSPS) is 11.8. The number of fused-ring (bicyclic) bond motifs is 1. The molecule has 172 valence electrons. The molecule has 0 saturated carbocycles. The lowest BCUT2D eigenvalue weighted by Crippen LogP contribution is -2.12. The van der Waals surface area contributed by atoms with Gasteiger partial charge in [-0.2, -0.15) is 0 Å². The molecular formula is C24H20N4O6. The minimum atomic E-state index is -0.787. The minimum absolute atomic E-state index is 0.193. The standard InChI is InChI=1S/C24H20N4O6/c1-3-14(2)16-6-9-22-21(12-16)26-24(34-22)15-4-7-18(8-5-15)25-23(29)17-10-19(27(30)31)13-20(11-17)28(32)33/h4-14H,3H2,1-2H3,(H,25,29)/t14-/m0/s1. The number of oxazole rings is 1. The van der Waals surface area contributed by atoms with E-state index in [0.717, 1.165) is 30.1 Å². The third-order valence-electron chi connectivity index (χ3n) is 5.57. The first-order valence-corrected chi connectivity index (χ1v) is 10.5. The highest BCUT2D eigenvalue weighted by molar-refractivity contribution is 6.05. The molecule has 0 radical (unpaired) electrons. The van der Waals surface area contributed by atoms with E-state index < -0.39 is 27.1 Å². The molecule has 0 fully saturated rings. The van der Waals surface area contributed by atoms with E-state index in [1.54, 1.807) is 24.3 Å². The largest absolute Gasteiger partial charge is 0.436 e. The Balaban J connectivity index is 1.55. The summed E-state index contributed by atoms with van der Waals surface area (Å²) < 4.78 is 5.86. The van der Waals surface area contributed by atoms with Crippen LogP contribution in [-0.4, -0.2) is 20.7 Å². The number of carbonyl (C=O) groups excluding carboxylic acids is 1. The average Bonchev–Trinajstić information content (AvgIpc) is 3.27. The van der Waals surface area contributed by atoms with Crippen LogP contribution in [0.1, 0.15) is 42.1 Å². The SMILES string of the molecule is CC[C@H](C)c1ccc2oc(-c3ccc(NC(=O)c4cc([N+](=O)[O-])cc([N+](=O)[O-])c4)cc3)nc2c1. The van der Waals surface area contributed by atoms with Crippen LogP contribution < -0.4 is 5.32 Å². The van der Waals surface area contributed by atoms with E-state index in [-0.39, 0.29) is 5.56 Å². The molecule has 0 saturated heterocycles. The molecule has 10 heteroatoms. The van der Waals surface area contributed by atoms with Crippen LogP contribution in [0.5, 0.6) is 0 Å². The van der Waals surface area contributed by atoms with Crippen LogP contribution in [0.3, 0.4) is 0 Å². The molecule has 1 heterocycles. The quantitative estimate of drug-likeness (QED) is 0.260. The fraction of sp³-hybridized carbons (Fsp3) is 0.167. The summed E-state index contributed by atoms with van der Waals surface area (Å²) in [6.45, 7) is 4.28. The third kappa shape index (κ3) is 4.60. The van der Waals surface area contributed by atoms with Gasteiger partial charge in [-0.3, -0.25) is 25.0 Å². The lowest BCUT2D eigenvalue weighted by Gasteiger charge is -2.07. The molecule has 1 N–H and O–H groups in total. The van der Waals surface area contributed by atoms with Crippen molar-refractivity contribution in [1.82, 2.24) is 4.98 Å². The Kier molecular flexibility index (Phi) is 6.05. The van der Waals surface area contributed by atoms with E-state index in [2.05, 4.69) is 24.1 Å². The molecule has 1 aromatic heterocycles. The number of nitrogens with one attached hydrogen (secondary N) is 1. The molecule has 0 aliphatic rings. The molecule has 0 spiro atoms. The molecule has 0 bridgehead atoms. The van der Waals surface area contributed by atoms with Gasteiger partial charge in [-0.25, -0.2) is 4.98 Å². The van der Waals surface area contributed by atoms with Gasteiger partial charge in [0, 0.05) is 23.4 Å². The van der Waals surface area contributed by atoms with Crippen molar-refractivity contribution in [3.63, 3.8) is 0 Å². The van der Waals surface area contributed by atoms with Crippen molar-refractivity contribution in [3.05, 3.63) is 92.0 Å². The highest BCUT2D eigenvalue weighted by atomic mass is 16.6. The first kappa shape index (κ1) is 22.6. The monoisotopic (exact) mass is 460 g/mol. The van der Waals surface area contributed by atoms with Gasteiger partial charge in [0.25, 0.3) is 17.3 Å². The number of anilines is 1. The van der Waals surface area contributed by atoms with Gasteiger partial charge in [0.2, 0.25) is 5.89 Å². The van der Waals surface area contributed by atoms with Crippen LogP contribution in [-0.2, 0) is 0 Å². The van der Waals surface area contributed by atoms with Crippen molar-refractivity contribution in [2.24, 2.45) is 0 Å². The maximum atomic E-state index is 12.6. The summed E-state index contributed by atoms with van der Waals surface area (Å²) in [6.07, 6.45) is 1.02. The molecule has 0 unspecified atom stereocenters. The van der Waals surface area contributed by atoms with Crippen LogP contribution in [0.15, 0.2) is 65.1 Å². The maximum Gasteiger partial charge on any atom is 0.277 e. The second-order valence-corrected chi connectivity index (χ2v) is 7.84. The predicted molar refractivity (Wildman–Crippen MR) is 126 cm³/mol. The predicted octanol–water partition coefficient (Wildman–Crippen LogP) is 6.08. The van der Waals surface area contributed by atoms with Gasteiger partial charge >= 0.3 is 0 Å². The van der Waals surface area contributed by atoms with E-state index >= 15 is 0 Å². The first-order chi connectivity index (χ1) is 16.2. The van der Waals surface area contributed by atoms with Gasteiger partial charge in [-0.1, -0.05) is 19.9 Å². The van der Waals surface area contributed by atoms with E-state index in [4.69, 9.17) is 4.42 Å². The Morgan fingerprint density at radius 3 is 2.24 bits per heavy atom. The molecule has 4 aromatic rings. The van der Waals surface area contributed by atoms with Crippen LogP contribution in [0.4, 0.5) is 17.1 Å². The number of nitro groups is 2. The second-order valence-electron chi connectivity index (χ2n) is 7.84. The van der Waals surface area contributed by atoms with Crippen LogP contribution in [0.2, 0.25) is 0 Å². The molecule has 34 heavy (non-hydrogen) atoms. The molecule has 0 aliphatic carbocycles. The Bertz CT molecular complexity index is 1380. The van der Waals surface area contributed by atoms with Crippen molar-refractivity contribution in [2.75, 3.05) is 5.32 Å². The molecule has 1 amide bonds. The highest BCUT2D eigenvalue weighted by Gasteiger charge is 2.20. The van der Waals surface area contributed by atoms with Gasteiger partial charge in [-0.05, 0) is 54.3 Å². The number of rotatable bonds is 7. The van der Waals surface area contributed by atoms with Gasteiger partial charge < -0.3 is 9.73 Å². The van der Waals surface area contributed by atoms with Gasteiger partial charge in [0.1, 0.15) is 5.52 Å². The van der Waals surface area contributed by atoms with Crippen molar-refractivity contribution < 1.29 is 19.1 Å². The number of non-ortho nitro benzene ring substituents is 2. The summed E-state index contributed by atoms with van der Waals surface area (Å²) in [4.78, 5) is 37.7. The van der Waals surface area contributed by atoms with Crippen LogP contribution in [0, 0.1) is 20.2 Å². The topological polar surface area (TPSA) is 141 Å². The van der Waals surface area contributed by atoms with E-state index in [1.807, 2.05) is 18.2 Å². The Labute approximate surface area is 193 Å². The second kappa shape index (κ2) is 9.10. The first-order valence-electron chi connectivity index (χ1n) is 10.5. The molecular weight excluding hydrogens is 440 g/mol.